The molecule has 84 valence electrons. The van der Waals surface area contributed by atoms with E-state index in [9.17, 15) is 4.39 Å². The zero-order chi connectivity index (χ0) is 11.8. The largest absolute Gasteiger partial charge is 0.418 e. The summed E-state index contributed by atoms with van der Waals surface area (Å²) in [6, 6.07) is 9.08. The van der Waals surface area contributed by atoms with Crippen LogP contribution in [0.3, 0.4) is 0 Å². The number of pyridine rings is 1. The molecule has 0 amide bonds. The summed E-state index contributed by atoms with van der Waals surface area (Å²) >= 11 is 0. The number of nitrogens with zero attached hydrogens (tertiary/aromatic N) is 2. The second-order valence-electron chi connectivity index (χ2n) is 3.87. The minimum absolute atomic E-state index is 0.350. The summed E-state index contributed by atoms with van der Waals surface area (Å²) in [4.78, 5) is 8.06. The summed E-state index contributed by atoms with van der Waals surface area (Å²) in [6.07, 6.45) is 1.12. The molecule has 0 aliphatic carbocycles. The first-order valence-corrected chi connectivity index (χ1v) is 5.21. The Hall–Kier alpha value is -2.23. The van der Waals surface area contributed by atoms with Crippen LogP contribution in [0.1, 0.15) is 5.56 Å². The van der Waals surface area contributed by atoms with Gasteiger partial charge in [0, 0.05) is 11.6 Å². The van der Waals surface area contributed by atoms with E-state index in [1.807, 2.05) is 31.2 Å². The van der Waals surface area contributed by atoms with Crippen LogP contribution >= 0.6 is 0 Å². The van der Waals surface area contributed by atoms with Gasteiger partial charge in [0.25, 0.3) is 0 Å². The van der Waals surface area contributed by atoms with Gasteiger partial charge in [0.2, 0.25) is 11.6 Å². The zero-order valence-corrected chi connectivity index (χ0v) is 9.14. The maximum absolute atomic E-state index is 13.0. The van der Waals surface area contributed by atoms with E-state index in [0.717, 1.165) is 17.3 Å². The second kappa shape index (κ2) is 3.66. The van der Waals surface area contributed by atoms with Crippen LogP contribution in [-0.2, 0) is 0 Å². The third kappa shape index (κ3) is 1.78. The van der Waals surface area contributed by atoms with Crippen molar-refractivity contribution in [2.75, 3.05) is 0 Å². The van der Waals surface area contributed by atoms with Gasteiger partial charge < -0.3 is 4.42 Å². The molecule has 0 fully saturated rings. The number of hydrogen-bond acceptors (Lipinski definition) is 3. The van der Waals surface area contributed by atoms with Crippen molar-refractivity contribution in [3.63, 3.8) is 0 Å². The summed E-state index contributed by atoms with van der Waals surface area (Å²) in [5.74, 6) is 0.0448. The van der Waals surface area contributed by atoms with E-state index in [2.05, 4.69) is 9.97 Å². The molecule has 17 heavy (non-hydrogen) atoms. The third-order valence-electron chi connectivity index (χ3n) is 2.48. The van der Waals surface area contributed by atoms with Crippen LogP contribution < -0.4 is 0 Å². The molecule has 0 N–H and O–H groups in total. The molecule has 0 unspecified atom stereocenters. The maximum atomic E-state index is 13.0. The van der Waals surface area contributed by atoms with Crippen molar-refractivity contribution in [2.24, 2.45) is 0 Å². The smallest absolute Gasteiger partial charge is 0.247 e. The highest BCUT2D eigenvalue weighted by molar-refractivity contribution is 5.72. The molecule has 0 saturated heterocycles. The van der Waals surface area contributed by atoms with Gasteiger partial charge in [0.1, 0.15) is 11.3 Å². The summed E-state index contributed by atoms with van der Waals surface area (Å²) in [5.41, 5.74) is 2.76. The Morgan fingerprint density at radius 2 is 2.12 bits per heavy atom. The van der Waals surface area contributed by atoms with Crippen LogP contribution in [0, 0.1) is 12.7 Å². The lowest BCUT2D eigenvalue weighted by atomic mass is 10.1. The SMILES string of the molecule is Cc1cccc(-c2nc3cc(F)cnc3o2)c1. The molecule has 0 saturated carbocycles. The first kappa shape index (κ1) is 9.96. The summed E-state index contributed by atoms with van der Waals surface area (Å²) < 4.78 is 18.4. The summed E-state index contributed by atoms with van der Waals surface area (Å²) in [7, 11) is 0. The number of halogens is 1. The van der Waals surface area contributed by atoms with E-state index in [1.54, 1.807) is 0 Å². The highest BCUT2D eigenvalue weighted by atomic mass is 19.1. The maximum Gasteiger partial charge on any atom is 0.247 e. The molecule has 0 atom stereocenters. The minimum Gasteiger partial charge on any atom is -0.418 e. The van der Waals surface area contributed by atoms with Crippen LogP contribution in [0.2, 0.25) is 0 Å². The molecule has 0 bridgehead atoms. The third-order valence-corrected chi connectivity index (χ3v) is 2.48. The van der Waals surface area contributed by atoms with Crippen molar-refractivity contribution < 1.29 is 8.81 Å². The van der Waals surface area contributed by atoms with Crippen molar-refractivity contribution in [3.8, 4) is 11.5 Å². The normalized spacial score (nSPS) is 10.9. The lowest BCUT2D eigenvalue weighted by Crippen LogP contribution is -1.79. The lowest BCUT2D eigenvalue weighted by Gasteiger charge is -1.95. The van der Waals surface area contributed by atoms with Crippen LogP contribution in [0.5, 0.6) is 0 Å². The lowest BCUT2D eigenvalue weighted by molar-refractivity contribution is 0.597. The predicted octanol–water partition coefficient (Wildman–Crippen LogP) is 3.34. The van der Waals surface area contributed by atoms with Crippen LogP contribution in [-0.4, -0.2) is 9.97 Å². The van der Waals surface area contributed by atoms with Gasteiger partial charge in [0.05, 0.1) is 6.20 Å². The first-order chi connectivity index (χ1) is 8.22. The topological polar surface area (TPSA) is 38.9 Å². The molecular weight excluding hydrogens is 219 g/mol. The fraction of sp³-hybridized carbons (Fsp3) is 0.0769. The molecule has 0 spiro atoms. The number of aromatic nitrogens is 2. The van der Waals surface area contributed by atoms with E-state index in [1.165, 1.54) is 6.07 Å². The van der Waals surface area contributed by atoms with E-state index in [0.29, 0.717) is 17.1 Å². The quantitative estimate of drug-likeness (QED) is 0.641. The van der Waals surface area contributed by atoms with E-state index < -0.39 is 5.82 Å². The number of aryl methyl sites for hydroxylation is 1. The van der Waals surface area contributed by atoms with Crippen molar-refractivity contribution >= 4 is 11.2 Å². The fourth-order valence-corrected chi connectivity index (χ4v) is 1.70. The van der Waals surface area contributed by atoms with Crippen LogP contribution in [0.4, 0.5) is 4.39 Å². The first-order valence-electron chi connectivity index (χ1n) is 5.21. The van der Waals surface area contributed by atoms with Crippen molar-refractivity contribution in [1.82, 2.24) is 9.97 Å². The Labute approximate surface area is 96.9 Å². The number of oxazole rings is 1. The van der Waals surface area contributed by atoms with Crippen molar-refractivity contribution in [3.05, 3.63) is 47.9 Å². The Balaban J connectivity index is 2.18. The monoisotopic (exact) mass is 228 g/mol. The standard InChI is InChI=1S/C13H9FN2O/c1-8-3-2-4-9(5-8)12-16-11-6-10(14)7-15-13(11)17-12/h2-7H,1H3. The Bertz CT molecular complexity index is 691. The molecule has 4 heteroatoms. The van der Waals surface area contributed by atoms with E-state index in [-0.39, 0.29) is 0 Å². The van der Waals surface area contributed by atoms with Crippen LogP contribution in [0.15, 0.2) is 40.9 Å². The fourth-order valence-electron chi connectivity index (χ4n) is 1.70. The van der Waals surface area contributed by atoms with Gasteiger partial charge in [-0.25, -0.2) is 14.4 Å². The van der Waals surface area contributed by atoms with Gasteiger partial charge in [-0.15, -0.1) is 0 Å². The molecule has 3 rings (SSSR count). The molecule has 3 aromatic rings. The summed E-state index contributed by atoms with van der Waals surface area (Å²) in [6.45, 7) is 1.99. The average Bonchev–Trinajstić information content (AvgIpc) is 2.72. The average molecular weight is 228 g/mol. The van der Waals surface area contributed by atoms with Gasteiger partial charge in [-0.05, 0) is 19.1 Å². The van der Waals surface area contributed by atoms with Gasteiger partial charge in [-0.3, -0.25) is 0 Å². The van der Waals surface area contributed by atoms with Gasteiger partial charge in [0.15, 0.2) is 0 Å². The second-order valence-corrected chi connectivity index (χ2v) is 3.87. The number of rotatable bonds is 1. The molecule has 0 radical (unpaired) electrons. The number of benzene rings is 1. The Kier molecular flexibility index (Phi) is 2.14. The Morgan fingerprint density at radius 1 is 1.24 bits per heavy atom. The van der Waals surface area contributed by atoms with E-state index >= 15 is 0 Å². The molecule has 2 heterocycles. The molecule has 0 aliphatic rings. The highest BCUT2D eigenvalue weighted by Crippen LogP contribution is 2.23. The summed E-state index contributed by atoms with van der Waals surface area (Å²) in [5, 5.41) is 0. The van der Waals surface area contributed by atoms with Gasteiger partial charge in [-0.2, -0.15) is 0 Å². The molecular formula is C13H9FN2O. The van der Waals surface area contributed by atoms with E-state index in [4.69, 9.17) is 4.42 Å². The van der Waals surface area contributed by atoms with Crippen LogP contribution in [0.25, 0.3) is 22.7 Å². The minimum atomic E-state index is -0.415. The van der Waals surface area contributed by atoms with Gasteiger partial charge in [-0.1, -0.05) is 17.7 Å². The molecule has 2 aromatic heterocycles. The van der Waals surface area contributed by atoms with Crippen molar-refractivity contribution in [2.45, 2.75) is 6.92 Å². The molecule has 3 nitrogen and oxygen atoms in total. The predicted molar refractivity (Wildman–Crippen MR) is 61.9 cm³/mol. The molecule has 1 aromatic carbocycles. The number of fused-ring (bicyclic) bond motifs is 1. The Morgan fingerprint density at radius 3 is 2.94 bits per heavy atom. The number of hydrogen-bond donors (Lipinski definition) is 0. The van der Waals surface area contributed by atoms with Crippen molar-refractivity contribution in [1.29, 1.82) is 0 Å². The zero-order valence-electron chi connectivity index (χ0n) is 9.14. The molecule has 0 aliphatic heterocycles. The highest BCUT2D eigenvalue weighted by Gasteiger charge is 2.09. The van der Waals surface area contributed by atoms with Gasteiger partial charge >= 0.3 is 0 Å².